The Kier molecular flexibility index (Phi) is 6.65. The quantitative estimate of drug-likeness (QED) is 0.757. The minimum Gasteiger partial charge on any atom is -0.353 e. The first-order valence-corrected chi connectivity index (χ1v) is 8.05. The lowest BCUT2D eigenvalue weighted by atomic mass is 9.99. The third kappa shape index (κ3) is 6.04. The third-order valence-electron chi connectivity index (χ3n) is 3.66. The fourth-order valence-electron chi connectivity index (χ4n) is 2.54. The summed E-state index contributed by atoms with van der Waals surface area (Å²) in [5.41, 5.74) is 0.0508. The number of carbonyl (C=O) groups excluding carboxylic acids is 2. The molecule has 1 rings (SSSR count). The molecular weight excluding hydrogens is 266 g/mol. The first-order valence-electron chi connectivity index (χ1n) is 8.05. The molecule has 1 atom stereocenters. The van der Waals surface area contributed by atoms with Crippen molar-refractivity contribution in [2.24, 2.45) is 5.92 Å². The van der Waals surface area contributed by atoms with Gasteiger partial charge in [-0.15, -0.1) is 0 Å². The summed E-state index contributed by atoms with van der Waals surface area (Å²) in [5.74, 6) is 0.0167. The second-order valence-corrected chi connectivity index (χ2v) is 7.17. The van der Waals surface area contributed by atoms with Crippen LogP contribution in [0.25, 0.3) is 0 Å². The molecule has 0 aromatic rings. The van der Waals surface area contributed by atoms with Crippen LogP contribution < -0.4 is 10.6 Å². The smallest absolute Gasteiger partial charge is 0.242 e. The van der Waals surface area contributed by atoms with Gasteiger partial charge < -0.3 is 15.5 Å². The van der Waals surface area contributed by atoms with E-state index in [-0.39, 0.29) is 29.3 Å². The van der Waals surface area contributed by atoms with Gasteiger partial charge in [0.25, 0.3) is 0 Å². The number of likely N-dealkylation sites (tertiary alicyclic amines) is 1. The molecule has 0 bridgehead atoms. The molecule has 2 N–H and O–H groups in total. The molecule has 1 aliphatic heterocycles. The van der Waals surface area contributed by atoms with Crippen LogP contribution >= 0.6 is 0 Å². The van der Waals surface area contributed by atoms with Crippen LogP contribution in [-0.2, 0) is 9.59 Å². The Morgan fingerprint density at radius 1 is 1.19 bits per heavy atom. The van der Waals surface area contributed by atoms with Crippen LogP contribution in [0.4, 0.5) is 0 Å². The summed E-state index contributed by atoms with van der Waals surface area (Å²) in [4.78, 5) is 26.3. The largest absolute Gasteiger partial charge is 0.353 e. The van der Waals surface area contributed by atoms with E-state index in [0.717, 1.165) is 25.8 Å². The molecule has 0 spiro atoms. The Bertz CT molecular complexity index is 361. The summed E-state index contributed by atoms with van der Waals surface area (Å²) < 4.78 is 0. The van der Waals surface area contributed by atoms with Gasteiger partial charge in [0.15, 0.2) is 0 Å². The van der Waals surface area contributed by atoms with E-state index in [1.54, 1.807) is 4.90 Å². The van der Waals surface area contributed by atoms with Crippen LogP contribution in [0.5, 0.6) is 0 Å². The van der Waals surface area contributed by atoms with Crippen molar-refractivity contribution >= 4 is 11.8 Å². The van der Waals surface area contributed by atoms with E-state index in [1.165, 1.54) is 0 Å². The molecule has 0 radical (unpaired) electrons. The van der Waals surface area contributed by atoms with Crippen molar-refractivity contribution in [2.45, 2.75) is 65.5 Å². The van der Waals surface area contributed by atoms with Crippen molar-refractivity contribution in [3.05, 3.63) is 0 Å². The molecule has 5 nitrogen and oxygen atoms in total. The first-order chi connectivity index (χ1) is 9.72. The van der Waals surface area contributed by atoms with Gasteiger partial charge in [0, 0.05) is 31.1 Å². The van der Waals surface area contributed by atoms with Crippen LogP contribution in [0.1, 0.15) is 53.9 Å². The third-order valence-corrected chi connectivity index (χ3v) is 3.66. The molecule has 1 fully saturated rings. The highest BCUT2D eigenvalue weighted by Crippen LogP contribution is 2.19. The van der Waals surface area contributed by atoms with Gasteiger partial charge in [-0.3, -0.25) is 9.59 Å². The van der Waals surface area contributed by atoms with E-state index in [2.05, 4.69) is 31.4 Å². The zero-order valence-electron chi connectivity index (χ0n) is 14.2. The number of nitrogens with zero attached hydrogens (tertiary/aromatic N) is 1. The molecule has 122 valence electrons. The normalized spacial score (nSPS) is 19.7. The molecule has 0 aromatic carbocycles. The summed E-state index contributed by atoms with van der Waals surface area (Å²) in [5, 5.41) is 6.29. The predicted molar refractivity (Wildman–Crippen MR) is 85.0 cm³/mol. The minimum atomic E-state index is -0.289. The number of amides is 2. The fourth-order valence-corrected chi connectivity index (χ4v) is 2.54. The van der Waals surface area contributed by atoms with E-state index in [4.69, 9.17) is 0 Å². The predicted octanol–water partition coefficient (Wildman–Crippen LogP) is 1.53. The molecule has 0 aromatic heterocycles. The van der Waals surface area contributed by atoms with E-state index in [1.807, 2.05) is 13.8 Å². The van der Waals surface area contributed by atoms with Crippen molar-refractivity contribution in [1.82, 2.24) is 15.5 Å². The summed E-state index contributed by atoms with van der Waals surface area (Å²) in [6, 6.07) is -0.289. The van der Waals surface area contributed by atoms with E-state index >= 15 is 0 Å². The average molecular weight is 297 g/mol. The van der Waals surface area contributed by atoms with Crippen LogP contribution in [0.15, 0.2) is 0 Å². The number of nitrogens with one attached hydrogen (secondary N) is 2. The van der Waals surface area contributed by atoms with Gasteiger partial charge in [-0.1, -0.05) is 13.8 Å². The van der Waals surface area contributed by atoms with E-state index in [0.29, 0.717) is 13.1 Å². The first kappa shape index (κ1) is 18.0. The van der Waals surface area contributed by atoms with Gasteiger partial charge in [-0.25, -0.2) is 0 Å². The number of rotatable bonds is 5. The van der Waals surface area contributed by atoms with Crippen LogP contribution in [-0.4, -0.2) is 47.9 Å². The Morgan fingerprint density at radius 3 is 2.43 bits per heavy atom. The molecule has 0 saturated carbocycles. The molecule has 21 heavy (non-hydrogen) atoms. The van der Waals surface area contributed by atoms with Crippen molar-refractivity contribution in [2.75, 3.05) is 19.6 Å². The van der Waals surface area contributed by atoms with Crippen molar-refractivity contribution < 1.29 is 9.59 Å². The molecule has 5 heteroatoms. The minimum absolute atomic E-state index is 0.0144. The zero-order valence-corrected chi connectivity index (χ0v) is 14.2. The van der Waals surface area contributed by atoms with E-state index < -0.39 is 0 Å². The summed E-state index contributed by atoms with van der Waals surface area (Å²) in [6.07, 6.45) is 2.78. The zero-order chi connectivity index (χ0) is 16.0. The fraction of sp³-hybridized carbons (Fsp3) is 0.875. The van der Waals surface area contributed by atoms with Crippen LogP contribution in [0.3, 0.4) is 0 Å². The maximum atomic E-state index is 12.3. The summed E-state index contributed by atoms with van der Waals surface area (Å²) in [6.45, 7) is 12.1. The second-order valence-electron chi connectivity index (χ2n) is 7.17. The summed E-state index contributed by atoms with van der Waals surface area (Å²) in [7, 11) is 0. The highest BCUT2D eigenvalue weighted by molar-refractivity contribution is 5.88. The number of hydrogen-bond donors (Lipinski definition) is 2. The van der Waals surface area contributed by atoms with E-state index in [9.17, 15) is 9.59 Å². The van der Waals surface area contributed by atoms with Gasteiger partial charge in [0.05, 0.1) is 0 Å². The van der Waals surface area contributed by atoms with Gasteiger partial charge >= 0.3 is 0 Å². The average Bonchev–Trinajstić information content (AvgIpc) is 2.41. The molecule has 0 unspecified atom stereocenters. The van der Waals surface area contributed by atoms with Gasteiger partial charge in [-0.05, 0) is 40.0 Å². The Labute approximate surface area is 128 Å². The Hall–Kier alpha value is -1.10. The molecule has 2 amide bonds. The highest BCUT2D eigenvalue weighted by Gasteiger charge is 2.32. The Morgan fingerprint density at radius 2 is 1.86 bits per heavy atom. The lowest BCUT2D eigenvalue weighted by Crippen LogP contribution is -2.54. The molecule has 1 heterocycles. The molecule has 0 aliphatic carbocycles. The Balaban J connectivity index is 2.48. The van der Waals surface area contributed by atoms with Gasteiger partial charge in [0.1, 0.15) is 6.04 Å². The van der Waals surface area contributed by atoms with Crippen molar-refractivity contribution in [1.29, 1.82) is 0 Å². The number of piperidine rings is 1. The molecular formula is C16H31N3O2. The lowest BCUT2D eigenvalue weighted by Gasteiger charge is -2.36. The number of hydrogen-bond acceptors (Lipinski definition) is 3. The highest BCUT2D eigenvalue weighted by atomic mass is 16.2. The van der Waals surface area contributed by atoms with Gasteiger partial charge in [0.2, 0.25) is 11.8 Å². The molecule has 1 aliphatic rings. The maximum Gasteiger partial charge on any atom is 0.242 e. The monoisotopic (exact) mass is 297 g/mol. The van der Waals surface area contributed by atoms with Crippen molar-refractivity contribution in [3.8, 4) is 0 Å². The number of carbonyl (C=O) groups is 2. The maximum absolute atomic E-state index is 12.3. The van der Waals surface area contributed by atoms with Crippen molar-refractivity contribution in [3.63, 3.8) is 0 Å². The lowest BCUT2D eigenvalue weighted by molar-refractivity contribution is -0.144. The van der Waals surface area contributed by atoms with Crippen LogP contribution in [0, 0.1) is 5.92 Å². The standard InChI is InChI=1S/C16H31N3O2/c1-12(2)15(21)19-11-7-6-8-13(19)14(20)17-9-10-18-16(3,4)5/h12-13,18H,6-11H2,1-5H3,(H,17,20)/t13-/m1/s1. The van der Waals surface area contributed by atoms with Gasteiger partial charge in [-0.2, -0.15) is 0 Å². The SMILES string of the molecule is CC(C)C(=O)N1CCCC[C@@H]1C(=O)NCCNC(C)(C)C. The van der Waals surface area contributed by atoms with Crippen LogP contribution in [0.2, 0.25) is 0 Å². The topological polar surface area (TPSA) is 61.4 Å². The second kappa shape index (κ2) is 7.78. The summed E-state index contributed by atoms with van der Waals surface area (Å²) >= 11 is 0. The molecule has 1 saturated heterocycles.